The predicted octanol–water partition coefficient (Wildman–Crippen LogP) is 12.7. The lowest BCUT2D eigenvalue weighted by molar-refractivity contribution is 0.663. The van der Waals surface area contributed by atoms with Crippen molar-refractivity contribution < 1.29 is 8.83 Å². The SMILES string of the molecule is c1ccc(C2N=C(c3cccc4c3oc3ccccc34)N=C(c3ccc4oc5ccc(-c6cccc7c8ccccc8n(-c8ccccc8)c67)cc5c4c3)N2)cc1. The van der Waals surface area contributed by atoms with Crippen LogP contribution in [0.3, 0.4) is 0 Å². The number of hydrogen-bond donors (Lipinski definition) is 1. The number of fused-ring (bicyclic) bond motifs is 9. The minimum Gasteiger partial charge on any atom is -0.456 e. The zero-order valence-electron chi connectivity index (χ0n) is 30.6. The number of amidine groups is 2. The summed E-state index contributed by atoms with van der Waals surface area (Å²) in [4.78, 5) is 10.4. The second-order valence-electron chi connectivity index (χ2n) is 14.6. The minimum absolute atomic E-state index is 0.353. The molecule has 6 heteroatoms. The summed E-state index contributed by atoms with van der Waals surface area (Å²) in [6, 6.07) is 63.3. The maximum Gasteiger partial charge on any atom is 0.163 e. The van der Waals surface area contributed by atoms with Gasteiger partial charge < -0.3 is 18.7 Å². The molecule has 0 amide bonds. The van der Waals surface area contributed by atoms with Gasteiger partial charge in [-0.05, 0) is 71.8 Å². The van der Waals surface area contributed by atoms with E-state index in [1.807, 2.05) is 48.5 Å². The van der Waals surface area contributed by atoms with Crippen molar-refractivity contribution in [2.75, 3.05) is 0 Å². The fourth-order valence-corrected chi connectivity index (χ4v) is 8.63. The molecule has 0 spiro atoms. The maximum absolute atomic E-state index is 6.47. The topological polar surface area (TPSA) is 68.0 Å². The van der Waals surface area contributed by atoms with Gasteiger partial charge in [0.05, 0.1) is 16.6 Å². The fourth-order valence-electron chi connectivity index (χ4n) is 8.63. The van der Waals surface area contributed by atoms with E-state index in [4.69, 9.17) is 18.8 Å². The van der Waals surface area contributed by atoms with E-state index in [1.165, 1.54) is 21.8 Å². The number of benzene rings is 8. The third-order valence-corrected chi connectivity index (χ3v) is 11.3. The van der Waals surface area contributed by atoms with Crippen LogP contribution in [0.1, 0.15) is 22.9 Å². The molecule has 4 heterocycles. The van der Waals surface area contributed by atoms with Crippen molar-refractivity contribution in [2.24, 2.45) is 9.98 Å². The zero-order valence-corrected chi connectivity index (χ0v) is 30.6. The van der Waals surface area contributed by atoms with Gasteiger partial charge >= 0.3 is 0 Å². The van der Waals surface area contributed by atoms with Crippen molar-refractivity contribution in [2.45, 2.75) is 6.17 Å². The first-order valence-electron chi connectivity index (χ1n) is 19.2. The molecule has 1 aliphatic rings. The summed E-state index contributed by atoms with van der Waals surface area (Å²) in [6.07, 6.45) is -0.353. The van der Waals surface area contributed by atoms with Crippen LogP contribution >= 0.6 is 0 Å². The van der Waals surface area contributed by atoms with Crippen LogP contribution in [-0.4, -0.2) is 16.2 Å². The van der Waals surface area contributed by atoms with Gasteiger partial charge in [-0.2, -0.15) is 0 Å². The summed E-state index contributed by atoms with van der Waals surface area (Å²) in [7, 11) is 0. The van der Waals surface area contributed by atoms with Crippen molar-refractivity contribution in [3.05, 3.63) is 199 Å². The number of furan rings is 2. The second kappa shape index (κ2) is 12.4. The van der Waals surface area contributed by atoms with Crippen molar-refractivity contribution in [3.8, 4) is 16.8 Å². The second-order valence-corrected chi connectivity index (χ2v) is 14.6. The number of aromatic nitrogens is 1. The normalized spacial score (nSPS) is 14.5. The van der Waals surface area contributed by atoms with E-state index in [9.17, 15) is 0 Å². The van der Waals surface area contributed by atoms with Crippen LogP contribution in [0.2, 0.25) is 0 Å². The lowest BCUT2D eigenvalue weighted by Gasteiger charge is -2.23. The molecule has 6 nitrogen and oxygen atoms in total. The van der Waals surface area contributed by atoms with E-state index in [-0.39, 0.29) is 6.17 Å². The predicted molar refractivity (Wildman–Crippen MR) is 233 cm³/mol. The van der Waals surface area contributed by atoms with Crippen molar-refractivity contribution in [1.29, 1.82) is 0 Å². The Hall–Kier alpha value is -7.70. The molecule has 1 aliphatic heterocycles. The largest absolute Gasteiger partial charge is 0.456 e. The van der Waals surface area contributed by atoms with Gasteiger partial charge in [-0.15, -0.1) is 0 Å². The Kier molecular flexibility index (Phi) is 6.89. The van der Waals surface area contributed by atoms with Gasteiger partial charge in [0.1, 0.15) is 34.3 Å². The molecule has 8 aromatic carbocycles. The summed E-state index contributed by atoms with van der Waals surface area (Å²) < 4.78 is 15.3. The summed E-state index contributed by atoms with van der Waals surface area (Å²) in [6.45, 7) is 0. The van der Waals surface area contributed by atoms with E-state index in [1.54, 1.807) is 0 Å². The van der Waals surface area contributed by atoms with Gasteiger partial charge in [0.25, 0.3) is 0 Å². The molecule has 1 unspecified atom stereocenters. The van der Waals surface area contributed by atoms with E-state index in [2.05, 4.69) is 143 Å². The van der Waals surface area contributed by atoms with Gasteiger partial charge in [0.15, 0.2) is 5.84 Å². The summed E-state index contributed by atoms with van der Waals surface area (Å²) in [5.74, 6) is 1.34. The number of hydrogen-bond acceptors (Lipinski definition) is 5. The minimum atomic E-state index is -0.353. The molecule has 57 heavy (non-hydrogen) atoms. The Balaban J connectivity index is 1.02. The molecule has 0 aliphatic carbocycles. The molecule has 3 aromatic heterocycles. The summed E-state index contributed by atoms with van der Waals surface area (Å²) >= 11 is 0. The van der Waals surface area contributed by atoms with Crippen LogP contribution in [0.15, 0.2) is 201 Å². The van der Waals surface area contributed by atoms with E-state index < -0.39 is 0 Å². The Morgan fingerprint density at radius 1 is 0.474 bits per heavy atom. The van der Waals surface area contributed by atoms with Crippen LogP contribution in [0.4, 0.5) is 0 Å². The standard InChI is InChI=1S/C51H32N4O2/c1-3-13-31(14-4-1)49-52-50(54-51(53-49)40-22-12-21-39-37-18-8-10-24-44(37)57-48(39)40)33-26-28-46-42(30-33)41-29-32(25-27-45(41)56-46)35-19-11-20-38-36-17-7-9-23-43(36)55(47(35)38)34-15-5-2-6-16-34/h1-30,49H,(H,52,53,54). The maximum atomic E-state index is 6.47. The first kappa shape index (κ1) is 31.6. The van der Waals surface area contributed by atoms with E-state index in [0.29, 0.717) is 5.84 Å². The summed E-state index contributed by atoms with van der Waals surface area (Å²) in [5, 5.41) is 10.3. The Bertz CT molecular complexity index is 3440. The number of para-hydroxylation sites is 5. The molecule has 0 fully saturated rings. The van der Waals surface area contributed by atoms with Crippen LogP contribution in [0, 0.1) is 0 Å². The van der Waals surface area contributed by atoms with Gasteiger partial charge in [0.2, 0.25) is 0 Å². The molecule has 0 saturated carbocycles. The van der Waals surface area contributed by atoms with Crippen molar-refractivity contribution in [1.82, 2.24) is 9.88 Å². The van der Waals surface area contributed by atoms with Crippen LogP contribution in [0.5, 0.6) is 0 Å². The molecule has 0 saturated heterocycles. The molecule has 11 aromatic rings. The third kappa shape index (κ3) is 4.97. The quantitative estimate of drug-likeness (QED) is 0.192. The monoisotopic (exact) mass is 732 g/mol. The first-order chi connectivity index (χ1) is 28.2. The number of nitrogens with one attached hydrogen (secondary N) is 1. The Morgan fingerprint density at radius 3 is 1.93 bits per heavy atom. The van der Waals surface area contributed by atoms with Crippen molar-refractivity contribution >= 4 is 77.4 Å². The molecular weight excluding hydrogens is 701 g/mol. The highest BCUT2D eigenvalue weighted by Crippen LogP contribution is 2.40. The van der Waals surface area contributed by atoms with Crippen LogP contribution in [-0.2, 0) is 0 Å². The average molecular weight is 733 g/mol. The number of rotatable bonds is 5. The lowest BCUT2D eigenvalue weighted by Crippen LogP contribution is -2.33. The van der Waals surface area contributed by atoms with Crippen molar-refractivity contribution in [3.63, 3.8) is 0 Å². The smallest absolute Gasteiger partial charge is 0.163 e. The average Bonchev–Trinajstić information content (AvgIpc) is 3.96. The van der Waals surface area contributed by atoms with Crippen LogP contribution < -0.4 is 5.32 Å². The highest BCUT2D eigenvalue weighted by Gasteiger charge is 2.24. The fraction of sp³-hybridized carbons (Fsp3) is 0.0196. The van der Waals surface area contributed by atoms with Gasteiger partial charge in [-0.1, -0.05) is 121 Å². The molecule has 1 atom stereocenters. The lowest BCUT2D eigenvalue weighted by atomic mass is 9.99. The molecule has 268 valence electrons. The number of aliphatic imine (C=N–C) groups is 2. The zero-order chi connectivity index (χ0) is 37.5. The molecule has 0 bridgehead atoms. The summed E-state index contributed by atoms with van der Waals surface area (Å²) in [5.41, 5.74) is 11.9. The molecule has 0 radical (unpaired) electrons. The molecule has 1 N–H and O–H groups in total. The Morgan fingerprint density at radius 2 is 1.11 bits per heavy atom. The highest BCUT2D eigenvalue weighted by atomic mass is 16.3. The number of nitrogens with zero attached hydrogens (tertiary/aromatic N) is 3. The molecule has 12 rings (SSSR count). The van der Waals surface area contributed by atoms with Gasteiger partial charge in [-0.3, -0.25) is 0 Å². The van der Waals surface area contributed by atoms with Gasteiger partial charge in [0, 0.05) is 49.1 Å². The van der Waals surface area contributed by atoms with E-state index >= 15 is 0 Å². The first-order valence-corrected chi connectivity index (χ1v) is 19.2. The highest BCUT2D eigenvalue weighted by molar-refractivity contribution is 6.20. The third-order valence-electron chi connectivity index (χ3n) is 11.3. The molecular formula is C51H32N4O2. The van der Waals surface area contributed by atoms with Gasteiger partial charge in [-0.25, -0.2) is 9.98 Å². The Labute approximate surface area is 326 Å². The van der Waals surface area contributed by atoms with Crippen LogP contribution in [0.25, 0.3) is 82.5 Å². The van der Waals surface area contributed by atoms with E-state index in [0.717, 1.165) is 83.2 Å².